The maximum Gasteiger partial charge on any atom is 0.411 e. The van der Waals surface area contributed by atoms with Crippen molar-refractivity contribution in [3.8, 4) is 0 Å². The van der Waals surface area contributed by atoms with Crippen LogP contribution in [-0.2, 0) is 16.1 Å². The van der Waals surface area contributed by atoms with Gasteiger partial charge in [-0.1, -0.05) is 12.1 Å². The number of carbonyl (C=O) groups excluding carboxylic acids is 1. The highest BCUT2D eigenvalue weighted by Gasteiger charge is 2.27. The molecular weight excluding hydrogens is 389 g/mol. The average Bonchev–Trinajstić information content (AvgIpc) is 2.69. The Morgan fingerprint density at radius 2 is 1.86 bits per heavy atom. The van der Waals surface area contributed by atoms with E-state index in [9.17, 15) is 22.8 Å². The van der Waals surface area contributed by atoms with Gasteiger partial charge in [0.25, 0.3) is 5.56 Å². The van der Waals surface area contributed by atoms with Gasteiger partial charge in [-0.15, -0.1) is 0 Å². The van der Waals surface area contributed by atoms with Crippen molar-refractivity contribution in [1.29, 1.82) is 0 Å². The molecule has 10 heteroatoms. The topological polar surface area (TPSA) is 67.7 Å². The van der Waals surface area contributed by atoms with E-state index in [1.54, 1.807) is 29.2 Å². The van der Waals surface area contributed by atoms with Gasteiger partial charge in [-0.2, -0.15) is 13.2 Å². The molecule has 7 nitrogen and oxygen atoms in total. The molecule has 158 valence electrons. The summed E-state index contributed by atoms with van der Waals surface area (Å²) in [5.74, 6) is -0.155. The minimum absolute atomic E-state index is 0.0521. The third kappa shape index (κ3) is 6.01. The summed E-state index contributed by atoms with van der Waals surface area (Å²) in [6.45, 7) is 1.67. The van der Waals surface area contributed by atoms with Gasteiger partial charge in [0.05, 0.1) is 17.2 Å². The molecule has 2 aromatic rings. The minimum atomic E-state index is -4.30. The van der Waals surface area contributed by atoms with Crippen molar-refractivity contribution in [3.05, 3.63) is 40.9 Å². The summed E-state index contributed by atoms with van der Waals surface area (Å²) in [6, 6.07) is 6.98. The van der Waals surface area contributed by atoms with Gasteiger partial charge in [-0.05, 0) is 18.6 Å². The standard InChI is InChI=1S/C19H23F3N4O3/c20-19(21,22)13-29-11-3-6-24-7-9-25(10-8-24)17(27)12-26-14-23-16-5-2-1-4-15(16)18(26)28/h1-2,4-5,14H,3,6-13H2. The fraction of sp³-hybridized carbons (Fsp3) is 0.526. The molecule has 1 saturated heterocycles. The molecule has 0 bridgehead atoms. The number of para-hydroxylation sites is 1. The number of hydrogen-bond acceptors (Lipinski definition) is 5. The second-order valence-electron chi connectivity index (χ2n) is 6.94. The fourth-order valence-corrected chi connectivity index (χ4v) is 3.26. The first-order chi connectivity index (χ1) is 13.8. The molecule has 1 aliphatic rings. The van der Waals surface area contributed by atoms with Crippen molar-refractivity contribution in [1.82, 2.24) is 19.4 Å². The number of alkyl halides is 3. The second-order valence-corrected chi connectivity index (χ2v) is 6.94. The van der Waals surface area contributed by atoms with Crippen molar-refractivity contribution in [3.63, 3.8) is 0 Å². The molecule has 0 N–H and O–H groups in total. The van der Waals surface area contributed by atoms with Crippen LogP contribution in [-0.4, -0.2) is 77.4 Å². The number of hydrogen-bond donors (Lipinski definition) is 0. The molecule has 1 aromatic carbocycles. The van der Waals surface area contributed by atoms with E-state index in [1.165, 1.54) is 10.9 Å². The molecule has 1 aromatic heterocycles. The summed E-state index contributed by atoms with van der Waals surface area (Å²) in [7, 11) is 0. The Balaban J connectivity index is 1.44. The quantitative estimate of drug-likeness (QED) is 0.645. The normalized spacial score (nSPS) is 15.8. The summed E-state index contributed by atoms with van der Waals surface area (Å²) in [6.07, 6.45) is -2.41. The first-order valence-electron chi connectivity index (χ1n) is 9.42. The van der Waals surface area contributed by atoms with Crippen LogP contribution in [0.5, 0.6) is 0 Å². The van der Waals surface area contributed by atoms with Crippen LogP contribution < -0.4 is 5.56 Å². The minimum Gasteiger partial charge on any atom is -0.372 e. The lowest BCUT2D eigenvalue weighted by Crippen LogP contribution is -2.50. The smallest absolute Gasteiger partial charge is 0.372 e. The monoisotopic (exact) mass is 412 g/mol. The molecule has 1 aliphatic heterocycles. The van der Waals surface area contributed by atoms with Crippen LogP contribution in [0.2, 0.25) is 0 Å². The fourth-order valence-electron chi connectivity index (χ4n) is 3.26. The molecule has 29 heavy (non-hydrogen) atoms. The molecule has 0 unspecified atom stereocenters. The van der Waals surface area contributed by atoms with Crippen LogP contribution in [0.4, 0.5) is 13.2 Å². The Kier molecular flexibility index (Phi) is 6.86. The third-order valence-corrected chi connectivity index (χ3v) is 4.79. The lowest BCUT2D eigenvalue weighted by atomic mass is 10.2. The highest BCUT2D eigenvalue weighted by atomic mass is 19.4. The van der Waals surface area contributed by atoms with Gasteiger partial charge in [0.2, 0.25) is 5.91 Å². The molecule has 1 fully saturated rings. The second kappa shape index (κ2) is 9.36. The number of carbonyl (C=O) groups is 1. The third-order valence-electron chi connectivity index (χ3n) is 4.79. The van der Waals surface area contributed by atoms with Crippen molar-refractivity contribution < 1.29 is 22.7 Å². The van der Waals surface area contributed by atoms with Crippen LogP contribution in [0, 0.1) is 0 Å². The molecule has 0 saturated carbocycles. The Hall–Kier alpha value is -2.46. The number of halogens is 3. The molecule has 0 aliphatic carbocycles. The molecular formula is C19H23F3N4O3. The van der Waals surface area contributed by atoms with E-state index in [2.05, 4.69) is 14.6 Å². The molecule has 3 rings (SSSR count). The molecule has 0 atom stereocenters. The first kappa shape index (κ1) is 21.3. The molecule has 0 radical (unpaired) electrons. The average molecular weight is 412 g/mol. The maximum absolute atomic E-state index is 12.5. The number of aromatic nitrogens is 2. The molecule has 2 heterocycles. The number of piperazine rings is 1. The SMILES string of the molecule is O=C(Cn1cnc2ccccc2c1=O)N1CCN(CCCOCC(F)(F)F)CC1. The Morgan fingerprint density at radius 1 is 1.14 bits per heavy atom. The van der Waals surface area contributed by atoms with E-state index in [0.29, 0.717) is 50.0 Å². The number of fused-ring (bicyclic) bond motifs is 1. The van der Waals surface area contributed by atoms with E-state index in [0.717, 1.165) is 0 Å². The van der Waals surface area contributed by atoms with E-state index in [4.69, 9.17) is 0 Å². The Morgan fingerprint density at radius 3 is 2.59 bits per heavy atom. The van der Waals surface area contributed by atoms with Crippen molar-refractivity contribution in [2.45, 2.75) is 19.1 Å². The van der Waals surface area contributed by atoms with Crippen molar-refractivity contribution in [2.75, 3.05) is 45.9 Å². The predicted molar refractivity (Wildman–Crippen MR) is 101 cm³/mol. The predicted octanol–water partition coefficient (Wildman–Crippen LogP) is 1.51. The van der Waals surface area contributed by atoms with Gasteiger partial charge in [0.15, 0.2) is 0 Å². The van der Waals surface area contributed by atoms with Gasteiger partial charge in [-0.3, -0.25) is 19.1 Å². The van der Waals surface area contributed by atoms with Crippen LogP contribution in [0.3, 0.4) is 0 Å². The zero-order valence-corrected chi connectivity index (χ0v) is 15.9. The largest absolute Gasteiger partial charge is 0.411 e. The number of amides is 1. The van der Waals surface area contributed by atoms with Crippen LogP contribution in [0.15, 0.2) is 35.4 Å². The van der Waals surface area contributed by atoms with Crippen LogP contribution in [0.25, 0.3) is 10.9 Å². The Labute approximate surface area is 165 Å². The molecule has 0 spiro atoms. The highest BCUT2D eigenvalue weighted by Crippen LogP contribution is 2.14. The molecule has 1 amide bonds. The summed E-state index contributed by atoms with van der Waals surface area (Å²) in [4.78, 5) is 33.0. The van der Waals surface area contributed by atoms with E-state index in [-0.39, 0.29) is 24.6 Å². The summed E-state index contributed by atoms with van der Waals surface area (Å²) < 4.78 is 42.0. The summed E-state index contributed by atoms with van der Waals surface area (Å²) >= 11 is 0. The van der Waals surface area contributed by atoms with E-state index >= 15 is 0 Å². The van der Waals surface area contributed by atoms with Gasteiger partial charge < -0.3 is 9.64 Å². The van der Waals surface area contributed by atoms with E-state index in [1.807, 2.05) is 0 Å². The summed E-state index contributed by atoms with van der Waals surface area (Å²) in [5, 5.41) is 0.473. The zero-order chi connectivity index (χ0) is 20.9. The zero-order valence-electron chi connectivity index (χ0n) is 15.9. The van der Waals surface area contributed by atoms with Gasteiger partial charge in [-0.25, -0.2) is 4.98 Å². The number of nitrogens with zero attached hydrogens (tertiary/aromatic N) is 4. The van der Waals surface area contributed by atoms with Crippen LogP contribution >= 0.6 is 0 Å². The van der Waals surface area contributed by atoms with Gasteiger partial charge in [0.1, 0.15) is 13.2 Å². The van der Waals surface area contributed by atoms with Crippen LogP contribution in [0.1, 0.15) is 6.42 Å². The highest BCUT2D eigenvalue weighted by molar-refractivity contribution is 5.79. The lowest BCUT2D eigenvalue weighted by Gasteiger charge is -2.34. The van der Waals surface area contributed by atoms with Gasteiger partial charge >= 0.3 is 6.18 Å². The number of benzene rings is 1. The first-order valence-corrected chi connectivity index (χ1v) is 9.42. The lowest BCUT2D eigenvalue weighted by molar-refractivity contribution is -0.174. The Bertz CT molecular complexity index is 892. The summed E-state index contributed by atoms with van der Waals surface area (Å²) in [5.41, 5.74) is 0.343. The number of rotatable bonds is 7. The maximum atomic E-state index is 12.5. The van der Waals surface area contributed by atoms with Gasteiger partial charge in [0, 0.05) is 39.3 Å². The van der Waals surface area contributed by atoms with Crippen molar-refractivity contribution in [2.24, 2.45) is 0 Å². The number of ether oxygens (including phenoxy) is 1. The van der Waals surface area contributed by atoms with E-state index < -0.39 is 12.8 Å². The van der Waals surface area contributed by atoms with Crippen molar-refractivity contribution >= 4 is 16.8 Å².